The van der Waals surface area contributed by atoms with Gasteiger partial charge < -0.3 is 11.1 Å². The molecule has 0 aromatic rings. The number of nitrogens with one attached hydrogen (secondary N) is 1. The van der Waals surface area contributed by atoms with Crippen molar-refractivity contribution < 1.29 is 0 Å². The van der Waals surface area contributed by atoms with Crippen LogP contribution < -0.4 is 11.1 Å². The Balaban J connectivity index is 2.65. The molecule has 0 amide bonds. The molecule has 0 aromatic carbocycles. The number of amidine groups is 1. The summed E-state index contributed by atoms with van der Waals surface area (Å²) in [7, 11) is 1.73. The maximum absolute atomic E-state index is 5.66. The van der Waals surface area contributed by atoms with E-state index in [0.717, 1.165) is 13.0 Å². The van der Waals surface area contributed by atoms with Crippen LogP contribution in [0.25, 0.3) is 0 Å². The molecule has 0 fully saturated rings. The molecule has 0 aromatic heterocycles. The third kappa shape index (κ3) is 2.05. The zero-order chi connectivity index (χ0) is 8.27. The Labute approximate surface area is 67.4 Å². The van der Waals surface area contributed by atoms with Crippen LogP contribution in [0.15, 0.2) is 16.6 Å². The molecule has 0 bridgehead atoms. The van der Waals surface area contributed by atoms with Crippen molar-refractivity contribution in [1.82, 2.24) is 5.32 Å². The monoisotopic (exact) mass is 153 g/mol. The van der Waals surface area contributed by atoms with E-state index in [-0.39, 0.29) is 0 Å². The highest BCUT2D eigenvalue weighted by atomic mass is 14.9. The summed E-state index contributed by atoms with van der Waals surface area (Å²) in [6, 6.07) is 0.523. The molecule has 3 nitrogen and oxygen atoms in total. The summed E-state index contributed by atoms with van der Waals surface area (Å²) < 4.78 is 0. The van der Waals surface area contributed by atoms with E-state index >= 15 is 0 Å². The van der Waals surface area contributed by atoms with Crippen molar-refractivity contribution in [3.63, 3.8) is 0 Å². The zero-order valence-electron chi connectivity index (χ0n) is 7.09. The SMILES string of the molecule is CN=C(N)C1=CCNC(C)C1. The van der Waals surface area contributed by atoms with Crippen LogP contribution in [0.2, 0.25) is 0 Å². The maximum atomic E-state index is 5.66. The molecule has 0 aliphatic carbocycles. The normalized spacial score (nSPS) is 26.5. The van der Waals surface area contributed by atoms with Gasteiger partial charge in [0.25, 0.3) is 0 Å². The van der Waals surface area contributed by atoms with Crippen LogP contribution in [-0.4, -0.2) is 25.5 Å². The third-order valence-electron chi connectivity index (χ3n) is 1.91. The second kappa shape index (κ2) is 3.53. The number of hydrogen-bond donors (Lipinski definition) is 2. The van der Waals surface area contributed by atoms with Gasteiger partial charge in [-0.25, -0.2) is 0 Å². The van der Waals surface area contributed by atoms with E-state index in [9.17, 15) is 0 Å². The fraction of sp³-hybridized carbons (Fsp3) is 0.625. The largest absolute Gasteiger partial charge is 0.384 e. The Morgan fingerprint density at radius 3 is 3.09 bits per heavy atom. The predicted octanol–water partition coefficient (Wildman–Crippen LogP) is 0.282. The van der Waals surface area contributed by atoms with Crippen molar-refractivity contribution in [2.45, 2.75) is 19.4 Å². The number of nitrogens with two attached hydrogens (primary N) is 1. The van der Waals surface area contributed by atoms with E-state index in [4.69, 9.17) is 5.73 Å². The first-order valence-corrected chi connectivity index (χ1v) is 3.89. The van der Waals surface area contributed by atoms with Crippen LogP contribution in [0.4, 0.5) is 0 Å². The standard InChI is InChI=1S/C8H15N3/c1-6-5-7(3-4-11-6)8(9)10-2/h3,6,11H,4-5H2,1-2H3,(H2,9,10). The second-order valence-corrected chi connectivity index (χ2v) is 2.85. The van der Waals surface area contributed by atoms with E-state index in [1.807, 2.05) is 0 Å². The van der Waals surface area contributed by atoms with Gasteiger partial charge in [-0.2, -0.15) is 0 Å². The first kappa shape index (κ1) is 8.27. The third-order valence-corrected chi connectivity index (χ3v) is 1.91. The number of hydrogen-bond acceptors (Lipinski definition) is 2. The van der Waals surface area contributed by atoms with Crippen LogP contribution in [0, 0.1) is 0 Å². The molecule has 3 N–H and O–H groups in total. The van der Waals surface area contributed by atoms with E-state index < -0.39 is 0 Å². The average molecular weight is 153 g/mol. The number of rotatable bonds is 1. The van der Waals surface area contributed by atoms with Crippen molar-refractivity contribution in [2.75, 3.05) is 13.6 Å². The van der Waals surface area contributed by atoms with Crippen molar-refractivity contribution in [2.24, 2.45) is 10.7 Å². The van der Waals surface area contributed by atoms with Gasteiger partial charge in [-0.15, -0.1) is 0 Å². The predicted molar refractivity (Wildman–Crippen MR) is 47.7 cm³/mol. The molecule has 1 aliphatic heterocycles. The summed E-state index contributed by atoms with van der Waals surface area (Å²) in [4.78, 5) is 3.94. The number of aliphatic imine (C=N–C) groups is 1. The lowest BCUT2D eigenvalue weighted by Crippen LogP contribution is -2.33. The minimum atomic E-state index is 0.523. The molecule has 1 heterocycles. The maximum Gasteiger partial charge on any atom is 0.120 e. The van der Waals surface area contributed by atoms with Crippen LogP contribution in [0.5, 0.6) is 0 Å². The molecule has 1 atom stereocenters. The summed E-state index contributed by atoms with van der Waals surface area (Å²) in [6.07, 6.45) is 3.09. The van der Waals surface area contributed by atoms with Gasteiger partial charge in [-0.3, -0.25) is 4.99 Å². The summed E-state index contributed by atoms with van der Waals surface area (Å²) in [5, 5.41) is 3.30. The van der Waals surface area contributed by atoms with Gasteiger partial charge in [0.15, 0.2) is 0 Å². The van der Waals surface area contributed by atoms with Crippen LogP contribution in [-0.2, 0) is 0 Å². The molecular formula is C8H15N3. The molecule has 0 radical (unpaired) electrons. The van der Waals surface area contributed by atoms with Gasteiger partial charge in [0.05, 0.1) is 0 Å². The molecule has 1 rings (SSSR count). The Hall–Kier alpha value is -0.830. The lowest BCUT2D eigenvalue weighted by atomic mass is 10.0. The van der Waals surface area contributed by atoms with Gasteiger partial charge >= 0.3 is 0 Å². The van der Waals surface area contributed by atoms with Crippen molar-refractivity contribution in [3.8, 4) is 0 Å². The Morgan fingerprint density at radius 1 is 1.82 bits per heavy atom. The summed E-state index contributed by atoms with van der Waals surface area (Å²) in [5.41, 5.74) is 6.84. The molecular weight excluding hydrogens is 138 g/mol. The molecule has 1 unspecified atom stereocenters. The van der Waals surface area contributed by atoms with Gasteiger partial charge in [0.2, 0.25) is 0 Å². The molecule has 3 heteroatoms. The second-order valence-electron chi connectivity index (χ2n) is 2.85. The minimum absolute atomic E-state index is 0.523. The molecule has 62 valence electrons. The quantitative estimate of drug-likeness (QED) is 0.420. The average Bonchev–Trinajstić information content (AvgIpc) is 2.03. The smallest absolute Gasteiger partial charge is 0.120 e. The van der Waals surface area contributed by atoms with Crippen LogP contribution in [0.1, 0.15) is 13.3 Å². The Morgan fingerprint density at radius 2 is 2.55 bits per heavy atom. The molecule has 11 heavy (non-hydrogen) atoms. The fourth-order valence-corrected chi connectivity index (χ4v) is 1.22. The zero-order valence-corrected chi connectivity index (χ0v) is 7.09. The van der Waals surface area contributed by atoms with Gasteiger partial charge in [-0.1, -0.05) is 6.08 Å². The van der Waals surface area contributed by atoms with Crippen molar-refractivity contribution in [3.05, 3.63) is 11.6 Å². The molecule has 0 saturated carbocycles. The van der Waals surface area contributed by atoms with E-state index in [1.165, 1.54) is 5.57 Å². The Bertz CT molecular complexity index is 194. The summed E-state index contributed by atoms with van der Waals surface area (Å²) in [6.45, 7) is 3.06. The van der Waals surface area contributed by atoms with Crippen LogP contribution >= 0.6 is 0 Å². The molecule has 0 spiro atoms. The van der Waals surface area contributed by atoms with Crippen LogP contribution in [0.3, 0.4) is 0 Å². The highest BCUT2D eigenvalue weighted by Gasteiger charge is 2.11. The highest BCUT2D eigenvalue weighted by molar-refractivity contribution is 5.97. The van der Waals surface area contributed by atoms with E-state index in [1.54, 1.807) is 7.05 Å². The van der Waals surface area contributed by atoms with Gasteiger partial charge in [-0.05, 0) is 18.9 Å². The van der Waals surface area contributed by atoms with Crippen molar-refractivity contribution >= 4 is 5.84 Å². The lowest BCUT2D eigenvalue weighted by molar-refractivity contribution is 0.562. The highest BCUT2D eigenvalue weighted by Crippen LogP contribution is 2.09. The lowest BCUT2D eigenvalue weighted by Gasteiger charge is -2.19. The first-order chi connectivity index (χ1) is 5.24. The summed E-state index contributed by atoms with van der Waals surface area (Å²) >= 11 is 0. The first-order valence-electron chi connectivity index (χ1n) is 3.89. The molecule has 1 aliphatic rings. The number of nitrogens with zero attached hydrogens (tertiary/aromatic N) is 1. The van der Waals surface area contributed by atoms with Crippen molar-refractivity contribution in [1.29, 1.82) is 0 Å². The van der Waals surface area contributed by atoms with Gasteiger partial charge in [0, 0.05) is 19.6 Å². The fourth-order valence-electron chi connectivity index (χ4n) is 1.22. The molecule has 0 saturated heterocycles. The topological polar surface area (TPSA) is 50.4 Å². The van der Waals surface area contributed by atoms with Gasteiger partial charge in [0.1, 0.15) is 5.84 Å². The van der Waals surface area contributed by atoms with E-state index in [0.29, 0.717) is 11.9 Å². The Kier molecular flexibility index (Phi) is 2.65. The van der Waals surface area contributed by atoms with E-state index in [2.05, 4.69) is 23.3 Å². The minimum Gasteiger partial charge on any atom is -0.384 e. The summed E-state index contributed by atoms with van der Waals surface area (Å²) in [5.74, 6) is 0.679.